The third kappa shape index (κ3) is 6.42. The Morgan fingerprint density at radius 3 is 1.69 bits per heavy atom. The van der Waals surface area contributed by atoms with E-state index in [1.165, 1.54) is 11.5 Å². The molecule has 0 aromatic rings. The van der Waals surface area contributed by atoms with Crippen molar-refractivity contribution < 1.29 is 0 Å². The van der Waals surface area contributed by atoms with Gasteiger partial charge < -0.3 is 0 Å². The van der Waals surface area contributed by atoms with Crippen LogP contribution in [-0.2, 0) is 0 Å². The first-order valence-electron chi connectivity index (χ1n) is 5.23. The highest BCUT2D eigenvalue weighted by molar-refractivity contribution is 7.99. The molecule has 0 nitrogen and oxygen atoms in total. The number of hydrogen-bond acceptors (Lipinski definition) is 1. The summed E-state index contributed by atoms with van der Waals surface area (Å²) in [5, 5.41) is 0. The molecular weight excluding hydrogens is 176 g/mol. The van der Waals surface area contributed by atoms with Gasteiger partial charge in [-0.1, -0.05) is 48.5 Å². The van der Waals surface area contributed by atoms with E-state index in [1.54, 1.807) is 0 Å². The van der Waals surface area contributed by atoms with E-state index in [-0.39, 0.29) is 0 Å². The lowest BCUT2D eigenvalue weighted by atomic mass is 9.83. The summed E-state index contributed by atoms with van der Waals surface area (Å²) in [6, 6.07) is 0. The van der Waals surface area contributed by atoms with Gasteiger partial charge in [-0.3, -0.25) is 0 Å². The van der Waals surface area contributed by atoms with Crippen molar-refractivity contribution >= 4 is 11.8 Å². The molecule has 13 heavy (non-hydrogen) atoms. The maximum Gasteiger partial charge on any atom is -0.00134 e. The third-order valence-corrected chi connectivity index (χ3v) is 4.59. The van der Waals surface area contributed by atoms with Gasteiger partial charge in [-0.25, -0.2) is 0 Å². The number of rotatable bonds is 4. The molecule has 0 amide bonds. The average Bonchev–Trinajstić information content (AvgIpc) is 1.82. The fraction of sp³-hybridized carbons (Fsp3) is 1.00. The van der Waals surface area contributed by atoms with Crippen molar-refractivity contribution in [2.75, 3.05) is 11.5 Å². The van der Waals surface area contributed by atoms with Gasteiger partial charge in [0.25, 0.3) is 0 Å². The number of hydrogen-bond donors (Lipinski definition) is 0. The van der Waals surface area contributed by atoms with Crippen LogP contribution >= 0.6 is 11.8 Å². The summed E-state index contributed by atoms with van der Waals surface area (Å²) in [4.78, 5) is 0. The Balaban J connectivity index is 3.77. The van der Waals surface area contributed by atoms with Gasteiger partial charge in [-0.05, 0) is 28.3 Å². The van der Waals surface area contributed by atoms with Gasteiger partial charge in [-0.2, -0.15) is 11.8 Å². The van der Waals surface area contributed by atoms with Crippen LogP contribution in [0.3, 0.4) is 0 Å². The van der Waals surface area contributed by atoms with E-state index in [0.717, 1.165) is 5.92 Å². The summed E-state index contributed by atoms with van der Waals surface area (Å²) in [6.45, 7) is 16.3. The second kappa shape index (κ2) is 4.72. The first-order valence-corrected chi connectivity index (χ1v) is 6.38. The summed E-state index contributed by atoms with van der Waals surface area (Å²) in [6.07, 6.45) is 0. The molecule has 0 rings (SSSR count). The Morgan fingerprint density at radius 2 is 1.38 bits per heavy atom. The molecule has 0 N–H and O–H groups in total. The van der Waals surface area contributed by atoms with E-state index >= 15 is 0 Å². The van der Waals surface area contributed by atoms with Crippen molar-refractivity contribution in [3.63, 3.8) is 0 Å². The van der Waals surface area contributed by atoms with E-state index in [2.05, 4.69) is 60.2 Å². The monoisotopic (exact) mass is 202 g/mol. The molecule has 0 aromatic carbocycles. The molecule has 0 fully saturated rings. The van der Waals surface area contributed by atoms with Crippen LogP contribution in [0.5, 0.6) is 0 Å². The maximum atomic E-state index is 2.37. The Bertz CT molecular complexity index is 140. The SMILES string of the molecule is CC(C)C(C)(C)CSCC(C)(C)C. The van der Waals surface area contributed by atoms with Crippen molar-refractivity contribution in [3.8, 4) is 0 Å². The molecule has 0 atom stereocenters. The molecule has 0 saturated heterocycles. The molecule has 0 radical (unpaired) electrons. The van der Waals surface area contributed by atoms with Crippen LogP contribution in [-0.4, -0.2) is 11.5 Å². The molecule has 0 saturated carbocycles. The third-order valence-electron chi connectivity index (χ3n) is 2.57. The highest BCUT2D eigenvalue weighted by atomic mass is 32.2. The Morgan fingerprint density at radius 1 is 0.923 bits per heavy atom. The minimum atomic E-state index is 0.470. The lowest BCUT2D eigenvalue weighted by Gasteiger charge is -2.30. The fourth-order valence-electron chi connectivity index (χ4n) is 0.787. The van der Waals surface area contributed by atoms with Crippen molar-refractivity contribution in [2.24, 2.45) is 16.7 Å². The van der Waals surface area contributed by atoms with E-state index in [1.807, 2.05) is 0 Å². The largest absolute Gasteiger partial charge is 0.161 e. The van der Waals surface area contributed by atoms with Gasteiger partial charge in [0, 0.05) is 0 Å². The number of thioether (sulfide) groups is 1. The quantitative estimate of drug-likeness (QED) is 0.649. The molecule has 0 aromatic heterocycles. The highest BCUT2D eigenvalue weighted by Crippen LogP contribution is 2.32. The van der Waals surface area contributed by atoms with Gasteiger partial charge in [0.15, 0.2) is 0 Å². The van der Waals surface area contributed by atoms with Gasteiger partial charge in [0.1, 0.15) is 0 Å². The first-order chi connectivity index (χ1) is 5.65. The van der Waals surface area contributed by atoms with E-state index in [9.17, 15) is 0 Å². The van der Waals surface area contributed by atoms with Crippen LogP contribution in [0.1, 0.15) is 48.5 Å². The van der Waals surface area contributed by atoms with E-state index in [4.69, 9.17) is 0 Å². The van der Waals surface area contributed by atoms with Crippen molar-refractivity contribution in [2.45, 2.75) is 48.5 Å². The van der Waals surface area contributed by atoms with Crippen molar-refractivity contribution in [1.82, 2.24) is 0 Å². The summed E-state index contributed by atoms with van der Waals surface area (Å²) in [7, 11) is 0. The summed E-state index contributed by atoms with van der Waals surface area (Å²) in [5.74, 6) is 3.32. The normalized spacial score (nSPS) is 13.8. The molecule has 80 valence electrons. The molecule has 0 aliphatic heterocycles. The molecule has 0 aliphatic carbocycles. The molecule has 0 unspecified atom stereocenters. The average molecular weight is 202 g/mol. The van der Waals surface area contributed by atoms with Crippen LogP contribution in [0.15, 0.2) is 0 Å². The van der Waals surface area contributed by atoms with Crippen LogP contribution in [0.4, 0.5) is 0 Å². The van der Waals surface area contributed by atoms with Crippen LogP contribution in [0.2, 0.25) is 0 Å². The molecular formula is C12H26S. The van der Waals surface area contributed by atoms with Gasteiger partial charge in [-0.15, -0.1) is 0 Å². The Hall–Kier alpha value is 0.350. The first kappa shape index (κ1) is 13.4. The zero-order valence-corrected chi connectivity index (χ0v) is 11.2. The highest BCUT2D eigenvalue weighted by Gasteiger charge is 2.23. The minimum Gasteiger partial charge on any atom is -0.161 e. The van der Waals surface area contributed by atoms with Crippen molar-refractivity contribution in [1.29, 1.82) is 0 Å². The van der Waals surface area contributed by atoms with Crippen LogP contribution in [0.25, 0.3) is 0 Å². The molecule has 0 spiro atoms. The predicted molar refractivity (Wildman–Crippen MR) is 65.4 cm³/mol. The molecule has 1 heteroatoms. The maximum absolute atomic E-state index is 2.37. The summed E-state index contributed by atoms with van der Waals surface area (Å²) >= 11 is 2.10. The summed E-state index contributed by atoms with van der Waals surface area (Å²) in [5.41, 5.74) is 0.952. The van der Waals surface area contributed by atoms with Crippen molar-refractivity contribution in [3.05, 3.63) is 0 Å². The van der Waals surface area contributed by atoms with Gasteiger partial charge >= 0.3 is 0 Å². The van der Waals surface area contributed by atoms with Crippen LogP contribution < -0.4 is 0 Å². The topological polar surface area (TPSA) is 0 Å². The second-order valence-corrected chi connectivity index (χ2v) is 7.18. The molecule has 0 bridgehead atoms. The fourth-order valence-corrected chi connectivity index (χ4v) is 2.36. The predicted octanol–water partition coefficient (Wildman–Crippen LogP) is 4.45. The van der Waals surface area contributed by atoms with Gasteiger partial charge in [0.2, 0.25) is 0 Å². The van der Waals surface area contributed by atoms with E-state index < -0.39 is 0 Å². The molecule has 0 heterocycles. The lowest BCUT2D eigenvalue weighted by Crippen LogP contribution is -2.23. The lowest BCUT2D eigenvalue weighted by molar-refractivity contribution is 0.291. The second-order valence-electron chi connectivity index (χ2n) is 6.20. The minimum absolute atomic E-state index is 0.470. The van der Waals surface area contributed by atoms with Crippen LogP contribution in [0, 0.1) is 16.7 Å². The Kier molecular flexibility index (Phi) is 4.85. The molecule has 0 aliphatic rings. The standard InChI is InChI=1S/C12H26S/c1-10(2)12(6,7)9-13-8-11(3,4)5/h10H,8-9H2,1-7H3. The Labute approximate surface area is 88.9 Å². The smallest absolute Gasteiger partial charge is 0.00134 e. The van der Waals surface area contributed by atoms with Gasteiger partial charge in [0.05, 0.1) is 0 Å². The zero-order chi connectivity index (χ0) is 10.7. The van der Waals surface area contributed by atoms with E-state index in [0.29, 0.717) is 10.8 Å². The zero-order valence-electron chi connectivity index (χ0n) is 10.4. The summed E-state index contributed by atoms with van der Waals surface area (Å²) < 4.78 is 0.